The largest absolute Gasteiger partial charge is 0.353 e. The number of nitrogens with zero attached hydrogens (tertiary/aromatic N) is 2. The number of halogens is 1. The summed E-state index contributed by atoms with van der Waals surface area (Å²) in [5, 5.41) is 4.41. The van der Waals surface area contributed by atoms with Gasteiger partial charge in [0, 0.05) is 46.9 Å². The maximum Gasteiger partial charge on any atom is 0.222 e. The Bertz CT molecular complexity index is 1310. The Morgan fingerprint density at radius 3 is 2.79 bits per heavy atom. The van der Waals surface area contributed by atoms with Crippen molar-refractivity contribution in [2.24, 2.45) is 5.92 Å². The molecule has 1 amide bonds. The van der Waals surface area contributed by atoms with Gasteiger partial charge >= 0.3 is 0 Å². The average molecular weight is 442 g/mol. The summed E-state index contributed by atoms with van der Waals surface area (Å²) in [6.07, 6.45) is 4.38. The molecule has 1 aliphatic carbocycles. The van der Waals surface area contributed by atoms with Gasteiger partial charge in [0.1, 0.15) is 5.82 Å². The molecule has 2 aromatic heterocycles. The van der Waals surface area contributed by atoms with Gasteiger partial charge < -0.3 is 9.88 Å². The fourth-order valence-corrected chi connectivity index (χ4v) is 4.83. The minimum atomic E-state index is -0.216. The van der Waals surface area contributed by atoms with Crippen molar-refractivity contribution >= 4 is 16.8 Å². The zero-order valence-electron chi connectivity index (χ0n) is 19.0. The van der Waals surface area contributed by atoms with Crippen LogP contribution < -0.4 is 5.32 Å². The number of hydrogen-bond donors (Lipinski definition) is 1. The normalized spacial score (nSPS) is 15.6. The molecular weight excluding hydrogens is 413 g/mol. The summed E-state index contributed by atoms with van der Waals surface area (Å²) in [7, 11) is 0. The summed E-state index contributed by atoms with van der Waals surface area (Å²) in [6, 6.07) is 19.3. The zero-order valence-corrected chi connectivity index (χ0v) is 19.0. The van der Waals surface area contributed by atoms with Crippen molar-refractivity contribution in [3.8, 4) is 11.3 Å². The molecule has 2 aromatic carbocycles. The van der Waals surface area contributed by atoms with Crippen LogP contribution in [-0.2, 0) is 24.2 Å². The third-order valence-corrected chi connectivity index (χ3v) is 6.53. The molecule has 2 heterocycles. The van der Waals surface area contributed by atoms with Crippen LogP contribution in [0.5, 0.6) is 0 Å². The molecule has 5 heteroatoms. The lowest BCUT2D eigenvalue weighted by atomic mass is 9.90. The van der Waals surface area contributed by atoms with E-state index in [-0.39, 0.29) is 23.7 Å². The first kappa shape index (κ1) is 21.4. The van der Waals surface area contributed by atoms with E-state index in [1.165, 1.54) is 22.7 Å². The molecule has 4 nitrogen and oxygen atoms in total. The second kappa shape index (κ2) is 8.81. The van der Waals surface area contributed by atoms with Gasteiger partial charge in [-0.3, -0.25) is 9.78 Å². The molecular formula is C28H28FN3O. The minimum absolute atomic E-state index is 0.0310. The van der Waals surface area contributed by atoms with Gasteiger partial charge in [-0.05, 0) is 66.8 Å². The summed E-state index contributed by atoms with van der Waals surface area (Å²) >= 11 is 0. The first-order chi connectivity index (χ1) is 16.0. The molecule has 4 aromatic rings. The van der Waals surface area contributed by atoms with Gasteiger partial charge in [-0.15, -0.1) is 0 Å². The smallest absolute Gasteiger partial charge is 0.222 e. The van der Waals surface area contributed by atoms with Crippen molar-refractivity contribution in [1.29, 1.82) is 0 Å². The van der Waals surface area contributed by atoms with E-state index in [0.717, 1.165) is 41.6 Å². The molecule has 0 spiro atoms. The highest BCUT2D eigenvalue weighted by molar-refractivity contribution is 5.90. The van der Waals surface area contributed by atoms with Crippen molar-refractivity contribution in [2.75, 3.05) is 0 Å². The predicted molar refractivity (Wildman–Crippen MR) is 129 cm³/mol. The number of pyridine rings is 1. The van der Waals surface area contributed by atoms with Crippen LogP contribution in [0.3, 0.4) is 0 Å². The number of benzene rings is 2. The van der Waals surface area contributed by atoms with Crippen LogP contribution in [0.4, 0.5) is 4.39 Å². The van der Waals surface area contributed by atoms with Crippen LogP contribution >= 0.6 is 0 Å². The van der Waals surface area contributed by atoms with Gasteiger partial charge in [0.25, 0.3) is 0 Å². The van der Waals surface area contributed by atoms with Crippen LogP contribution in [0, 0.1) is 11.7 Å². The molecule has 0 fully saturated rings. The van der Waals surface area contributed by atoms with E-state index in [1.54, 1.807) is 12.1 Å². The number of amides is 1. The standard InChI is InChI=1S/C28H28FN3O/c1-18(2)28(33)31-22-10-12-27-24(16-22)23-15-20(25-8-3-4-13-30-25)9-11-26(23)32(27)17-19-6-5-7-21(29)14-19/h3-9,11,13-15,18,22H,10,12,16-17H2,1-2H3,(H,31,33). The number of rotatable bonds is 5. The van der Waals surface area contributed by atoms with Gasteiger partial charge in [0.05, 0.1) is 5.69 Å². The molecule has 0 aliphatic heterocycles. The van der Waals surface area contributed by atoms with Crippen molar-refractivity contribution in [1.82, 2.24) is 14.9 Å². The monoisotopic (exact) mass is 441 g/mol. The summed E-state index contributed by atoms with van der Waals surface area (Å²) in [4.78, 5) is 16.9. The van der Waals surface area contributed by atoms with Gasteiger partial charge in [0.2, 0.25) is 5.91 Å². The maximum atomic E-state index is 13.9. The molecule has 5 rings (SSSR count). The molecule has 0 saturated carbocycles. The Kier molecular flexibility index (Phi) is 5.71. The molecule has 0 radical (unpaired) electrons. The number of fused-ring (bicyclic) bond motifs is 3. The van der Waals surface area contributed by atoms with E-state index in [2.05, 4.69) is 33.1 Å². The van der Waals surface area contributed by atoms with E-state index >= 15 is 0 Å². The van der Waals surface area contributed by atoms with E-state index in [0.29, 0.717) is 6.54 Å². The average Bonchev–Trinajstić information content (AvgIpc) is 3.12. The fourth-order valence-electron chi connectivity index (χ4n) is 4.83. The number of nitrogens with one attached hydrogen (secondary N) is 1. The van der Waals surface area contributed by atoms with Gasteiger partial charge in [0.15, 0.2) is 0 Å². The van der Waals surface area contributed by atoms with Crippen LogP contribution in [0.1, 0.15) is 37.1 Å². The summed E-state index contributed by atoms with van der Waals surface area (Å²) < 4.78 is 16.2. The Balaban J connectivity index is 1.59. The molecule has 0 saturated heterocycles. The molecule has 168 valence electrons. The molecule has 1 aliphatic rings. The van der Waals surface area contributed by atoms with Gasteiger partial charge in [-0.2, -0.15) is 0 Å². The first-order valence-electron chi connectivity index (χ1n) is 11.6. The lowest BCUT2D eigenvalue weighted by molar-refractivity contribution is -0.124. The highest BCUT2D eigenvalue weighted by atomic mass is 19.1. The summed E-state index contributed by atoms with van der Waals surface area (Å²) in [5.41, 5.74) is 6.65. The van der Waals surface area contributed by atoms with Gasteiger partial charge in [-0.1, -0.05) is 38.1 Å². The molecule has 33 heavy (non-hydrogen) atoms. The Morgan fingerprint density at radius 2 is 2.03 bits per heavy atom. The summed E-state index contributed by atoms with van der Waals surface area (Å²) in [5.74, 6) is -0.149. The third kappa shape index (κ3) is 4.28. The zero-order chi connectivity index (χ0) is 22.9. The number of hydrogen-bond acceptors (Lipinski definition) is 2. The number of carbonyl (C=O) groups excluding carboxylic acids is 1. The number of aromatic nitrogens is 2. The first-order valence-corrected chi connectivity index (χ1v) is 11.6. The molecule has 0 bridgehead atoms. The highest BCUT2D eigenvalue weighted by Gasteiger charge is 2.27. The van der Waals surface area contributed by atoms with E-state index in [1.807, 2.05) is 44.3 Å². The molecule has 1 unspecified atom stereocenters. The quantitative estimate of drug-likeness (QED) is 0.443. The SMILES string of the molecule is CC(C)C(=O)NC1CCc2c(c3cc(-c4ccccn4)ccc3n2Cc2cccc(F)c2)C1. The van der Waals surface area contributed by atoms with Crippen LogP contribution in [0.2, 0.25) is 0 Å². The van der Waals surface area contributed by atoms with E-state index in [9.17, 15) is 9.18 Å². The van der Waals surface area contributed by atoms with E-state index < -0.39 is 0 Å². The minimum Gasteiger partial charge on any atom is -0.353 e. The van der Waals surface area contributed by atoms with Crippen LogP contribution in [-0.4, -0.2) is 21.5 Å². The Labute approximate surface area is 193 Å². The number of carbonyl (C=O) groups is 1. The lowest BCUT2D eigenvalue weighted by Gasteiger charge is -2.26. The van der Waals surface area contributed by atoms with Crippen molar-refractivity contribution in [2.45, 2.75) is 45.7 Å². The van der Waals surface area contributed by atoms with Crippen molar-refractivity contribution < 1.29 is 9.18 Å². The lowest BCUT2D eigenvalue weighted by Crippen LogP contribution is -2.41. The van der Waals surface area contributed by atoms with E-state index in [4.69, 9.17) is 0 Å². The summed E-state index contributed by atoms with van der Waals surface area (Å²) in [6.45, 7) is 4.47. The Morgan fingerprint density at radius 1 is 1.15 bits per heavy atom. The second-order valence-electron chi connectivity index (χ2n) is 9.19. The maximum absolute atomic E-state index is 13.9. The van der Waals surface area contributed by atoms with Gasteiger partial charge in [-0.25, -0.2) is 4.39 Å². The van der Waals surface area contributed by atoms with Crippen molar-refractivity contribution in [3.63, 3.8) is 0 Å². The third-order valence-electron chi connectivity index (χ3n) is 6.53. The second-order valence-corrected chi connectivity index (χ2v) is 9.19. The topological polar surface area (TPSA) is 46.9 Å². The molecule has 1 atom stereocenters. The molecule has 1 N–H and O–H groups in total. The van der Waals surface area contributed by atoms with Crippen molar-refractivity contribution in [3.05, 3.63) is 89.5 Å². The van der Waals surface area contributed by atoms with Crippen LogP contribution in [0.15, 0.2) is 66.9 Å². The predicted octanol–water partition coefficient (Wildman–Crippen LogP) is 5.52. The fraction of sp³-hybridized carbons (Fsp3) is 0.286. The van der Waals surface area contributed by atoms with Crippen LogP contribution in [0.25, 0.3) is 22.2 Å². The highest BCUT2D eigenvalue weighted by Crippen LogP contribution is 2.35. The Hall–Kier alpha value is -3.47.